The minimum Gasteiger partial charge on any atom is -0.497 e. The smallest absolute Gasteiger partial charge is 0.325 e. The van der Waals surface area contributed by atoms with Crippen LogP contribution >= 0.6 is 0 Å². The van der Waals surface area contributed by atoms with Gasteiger partial charge in [-0.3, -0.25) is 9.59 Å². The first kappa shape index (κ1) is 38.2. The number of carbonyl (C=O) groups excluding carboxylic acids is 2. The van der Waals surface area contributed by atoms with Gasteiger partial charge in [0.15, 0.2) is 11.9 Å². The molecular formula is C42H51N7O5. The zero-order valence-corrected chi connectivity index (χ0v) is 33.0. The molecule has 0 bridgehead atoms. The molecule has 0 radical (unpaired) electrons. The van der Waals surface area contributed by atoms with Crippen molar-refractivity contribution in [3.8, 4) is 22.9 Å². The van der Waals surface area contributed by atoms with E-state index in [2.05, 4.69) is 63.9 Å². The fourth-order valence-electron chi connectivity index (χ4n) is 7.06. The van der Waals surface area contributed by atoms with Crippen molar-refractivity contribution in [1.29, 1.82) is 0 Å². The van der Waals surface area contributed by atoms with Crippen molar-refractivity contribution in [1.82, 2.24) is 14.9 Å². The molecule has 0 fully saturated rings. The van der Waals surface area contributed by atoms with E-state index in [1.54, 1.807) is 36.2 Å². The molecule has 2 aliphatic rings. The van der Waals surface area contributed by atoms with Gasteiger partial charge in [0.2, 0.25) is 5.82 Å². The van der Waals surface area contributed by atoms with Gasteiger partial charge in [-0.1, -0.05) is 34.6 Å². The number of hydrogen-bond donors (Lipinski definition) is 1. The number of benzene rings is 3. The van der Waals surface area contributed by atoms with Gasteiger partial charge in [0.05, 0.1) is 25.1 Å². The first-order chi connectivity index (χ1) is 25.6. The van der Waals surface area contributed by atoms with Crippen LogP contribution in [-0.2, 0) is 14.3 Å². The number of carbonyl (C=O) groups is 2. The quantitative estimate of drug-likeness (QED) is 0.153. The molecule has 12 heteroatoms. The summed E-state index contributed by atoms with van der Waals surface area (Å²) in [5, 5.41) is 12.6. The summed E-state index contributed by atoms with van der Waals surface area (Å²) in [6.07, 6.45) is 0.710. The van der Waals surface area contributed by atoms with Gasteiger partial charge in [0, 0.05) is 27.9 Å². The van der Waals surface area contributed by atoms with Crippen LogP contribution < -0.4 is 19.7 Å². The van der Waals surface area contributed by atoms with Crippen LogP contribution in [0.4, 0.5) is 17.1 Å². The summed E-state index contributed by atoms with van der Waals surface area (Å²) in [6.45, 7) is 19.2. The molecule has 54 heavy (non-hydrogen) atoms. The van der Waals surface area contributed by atoms with E-state index in [1.807, 2.05) is 45.0 Å². The normalized spacial score (nSPS) is 17.4. The van der Waals surface area contributed by atoms with E-state index < -0.39 is 6.10 Å². The highest BCUT2D eigenvalue weighted by molar-refractivity contribution is 6.50. The average molecular weight is 734 g/mol. The molecule has 3 aromatic carbocycles. The van der Waals surface area contributed by atoms with E-state index in [0.717, 1.165) is 40.2 Å². The molecule has 2 aliphatic heterocycles. The number of aryl methyl sites for hydroxylation is 1. The Bertz CT molecular complexity index is 2090. The molecule has 0 aliphatic carbocycles. The van der Waals surface area contributed by atoms with Crippen LogP contribution in [0.1, 0.15) is 91.1 Å². The lowest BCUT2D eigenvalue weighted by molar-refractivity contribution is -0.141. The van der Waals surface area contributed by atoms with Crippen LogP contribution in [0.25, 0.3) is 11.4 Å². The predicted octanol–water partition coefficient (Wildman–Crippen LogP) is 8.10. The van der Waals surface area contributed by atoms with Crippen LogP contribution in [-0.4, -0.2) is 70.1 Å². The van der Waals surface area contributed by atoms with Crippen molar-refractivity contribution in [3.63, 3.8) is 0 Å². The van der Waals surface area contributed by atoms with Crippen LogP contribution in [0.5, 0.6) is 11.5 Å². The number of hydrogen-bond acceptors (Lipinski definition) is 10. The Labute approximate surface area is 317 Å². The van der Waals surface area contributed by atoms with E-state index in [9.17, 15) is 9.59 Å². The maximum atomic E-state index is 13.1. The number of fused-ring (bicyclic) bond motifs is 2. The molecule has 3 heterocycles. The molecule has 0 spiro atoms. The fraction of sp³-hybridized carbons (Fsp3) is 0.429. The number of esters is 1. The summed E-state index contributed by atoms with van der Waals surface area (Å²) in [7, 11) is 1.60. The average Bonchev–Trinajstić information content (AvgIpc) is 3.69. The Morgan fingerprint density at radius 3 is 2.35 bits per heavy atom. The predicted molar refractivity (Wildman–Crippen MR) is 213 cm³/mol. The lowest BCUT2D eigenvalue weighted by atomic mass is 9.79. The first-order valence-corrected chi connectivity index (χ1v) is 18.6. The highest BCUT2D eigenvalue weighted by atomic mass is 16.5. The summed E-state index contributed by atoms with van der Waals surface area (Å²) >= 11 is 0. The lowest BCUT2D eigenvalue weighted by Gasteiger charge is -2.47. The third-order valence-corrected chi connectivity index (χ3v) is 9.87. The number of nitrogens with zero attached hydrogens (tertiary/aromatic N) is 6. The standard InChI is InChI=1S/C42H51N7O5/c1-11-34(54-30-19-17-29(52-10)18-20-30)40(51)43-28-15-13-27(14-16-28)38-45-39-36(37(41(5,6)7)46-49(39)47-38)44-32-22-31-26(4)23-42(8,9)48(24-35(50)53-12-2)33(31)21-25(32)3/h13-22,26,34H,11-12,23-24H2,1-10H3,(H,43,51). The number of ether oxygens (including phenoxy) is 3. The van der Waals surface area contributed by atoms with Crippen molar-refractivity contribution in [2.45, 2.75) is 92.7 Å². The second-order valence-corrected chi connectivity index (χ2v) is 15.6. The topological polar surface area (TPSA) is 133 Å². The SMILES string of the molecule is CCOC(=O)CN1c2cc(C)c(N=C3C(C(C)(C)C)=Nn4nc(-c5ccc(NC(=O)C(CC)Oc6ccc(OC)cc6)cc5)nc43)cc2C(C)CC1(C)C. The summed E-state index contributed by atoms with van der Waals surface area (Å²) in [5.74, 6) is 2.13. The molecule has 4 aromatic rings. The number of aromatic nitrogens is 3. The zero-order chi connectivity index (χ0) is 38.9. The van der Waals surface area contributed by atoms with E-state index >= 15 is 0 Å². The van der Waals surface area contributed by atoms with E-state index in [-0.39, 0.29) is 35.3 Å². The summed E-state index contributed by atoms with van der Waals surface area (Å²) in [5.41, 5.74) is 6.28. The van der Waals surface area contributed by atoms with Gasteiger partial charge in [-0.2, -0.15) is 5.10 Å². The molecule has 284 valence electrons. The highest BCUT2D eigenvalue weighted by Gasteiger charge is 2.39. The molecule has 1 amide bonds. The number of nitrogens with one attached hydrogen (secondary N) is 1. The molecular weight excluding hydrogens is 683 g/mol. The molecule has 1 aromatic heterocycles. The number of methoxy groups -OCH3 is 1. The number of rotatable bonds is 11. The van der Waals surface area contributed by atoms with Gasteiger partial charge in [0.1, 0.15) is 23.8 Å². The third-order valence-electron chi connectivity index (χ3n) is 9.87. The molecule has 0 saturated carbocycles. The Kier molecular flexibility index (Phi) is 10.7. The van der Waals surface area contributed by atoms with E-state index in [4.69, 9.17) is 34.4 Å². The van der Waals surface area contributed by atoms with E-state index in [0.29, 0.717) is 47.6 Å². The largest absolute Gasteiger partial charge is 0.497 e. The van der Waals surface area contributed by atoms with Gasteiger partial charge >= 0.3 is 5.97 Å². The Morgan fingerprint density at radius 2 is 1.72 bits per heavy atom. The third kappa shape index (κ3) is 7.88. The van der Waals surface area contributed by atoms with E-state index in [1.165, 1.54) is 0 Å². The number of anilines is 2. The summed E-state index contributed by atoms with van der Waals surface area (Å²) < 4.78 is 16.5. The van der Waals surface area contributed by atoms with Crippen LogP contribution in [0, 0.1) is 12.3 Å². The van der Waals surface area contributed by atoms with Gasteiger partial charge in [-0.05, 0) is 118 Å². The van der Waals surface area contributed by atoms with Crippen molar-refractivity contribution < 1.29 is 23.8 Å². The minimum absolute atomic E-state index is 0.187. The van der Waals surface area contributed by atoms with Gasteiger partial charge < -0.3 is 24.4 Å². The van der Waals surface area contributed by atoms with Crippen molar-refractivity contribution in [3.05, 3.63) is 77.6 Å². The van der Waals surface area contributed by atoms with Crippen molar-refractivity contribution in [2.75, 3.05) is 30.5 Å². The maximum absolute atomic E-state index is 13.1. The first-order valence-electron chi connectivity index (χ1n) is 18.6. The van der Waals surface area contributed by atoms with Crippen LogP contribution in [0.3, 0.4) is 0 Å². The Morgan fingerprint density at radius 1 is 1.04 bits per heavy atom. The molecule has 6 rings (SSSR count). The van der Waals surface area contributed by atoms with Crippen LogP contribution in [0.15, 0.2) is 70.8 Å². The lowest BCUT2D eigenvalue weighted by Crippen LogP contribution is -2.50. The second kappa shape index (κ2) is 15.1. The Balaban J connectivity index is 1.26. The fourth-order valence-corrected chi connectivity index (χ4v) is 7.06. The summed E-state index contributed by atoms with van der Waals surface area (Å²) in [4.78, 5) is 39.7. The molecule has 2 unspecified atom stereocenters. The second-order valence-electron chi connectivity index (χ2n) is 15.6. The molecule has 2 atom stereocenters. The van der Waals surface area contributed by atoms with Gasteiger partial charge in [-0.15, -0.1) is 9.89 Å². The molecule has 12 nitrogen and oxygen atoms in total. The maximum Gasteiger partial charge on any atom is 0.325 e. The minimum atomic E-state index is -0.666. The zero-order valence-electron chi connectivity index (χ0n) is 33.0. The molecule has 0 saturated heterocycles. The molecule has 1 N–H and O–H groups in total. The highest BCUT2D eigenvalue weighted by Crippen LogP contribution is 2.46. The number of amides is 1. The number of aliphatic imine (C=N–C) groups is 1. The van der Waals surface area contributed by atoms with Crippen molar-refractivity contribution in [2.24, 2.45) is 15.5 Å². The van der Waals surface area contributed by atoms with Gasteiger partial charge in [-0.25, -0.2) is 9.98 Å². The van der Waals surface area contributed by atoms with Crippen molar-refractivity contribution >= 4 is 40.4 Å². The monoisotopic (exact) mass is 733 g/mol. The van der Waals surface area contributed by atoms with Gasteiger partial charge in [0.25, 0.3) is 5.91 Å². The van der Waals surface area contributed by atoms with Crippen LogP contribution in [0.2, 0.25) is 0 Å². The Hall–Kier alpha value is -5.52. The summed E-state index contributed by atoms with van der Waals surface area (Å²) in [6, 6.07) is 18.8.